The van der Waals surface area contributed by atoms with Gasteiger partial charge in [0.1, 0.15) is 0 Å². The van der Waals surface area contributed by atoms with E-state index in [1.807, 2.05) is 12.1 Å². The van der Waals surface area contributed by atoms with Crippen molar-refractivity contribution in [3.63, 3.8) is 0 Å². The maximum Gasteiger partial charge on any atom is 0.160 e. The van der Waals surface area contributed by atoms with Crippen LogP contribution in [0.15, 0.2) is 182 Å². The third kappa shape index (κ3) is 5.76. The minimum Gasteiger partial charge on any atom is -0.228 e. The quantitative estimate of drug-likeness (QED) is 0.173. The summed E-state index contributed by atoms with van der Waals surface area (Å²) in [5, 5.41) is 0. The van der Waals surface area contributed by atoms with Crippen molar-refractivity contribution >= 4 is 0 Å². The summed E-state index contributed by atoms with van der Waals surface area (Å²) in [7, 11) is 0. The van der Waals surface area contributed by atoms with E-state index in [-0.39, 0.29) is 5.41 Å². The normalized spacial score (nSPS) is 14.1. The fourth-order valence-corrected chi connectivity index (χ4v) is 8.99. The maximum absolute atomic E-state index is 5.03. The average Bonchev–Trinajstić information content (AvgIpc) is 3.52. The summed E-state index contributed by atoms with van der Waals surface area (Å²) in [6.07, 6.45) is 6.44. The molecule has 7 aromatic carbocycles. The second-order valence-electron chi connectivity index (χ2n) is 14.9. The molecular weight excluding hydrogens is 653 g/mol. The number of hydrogen-bond acceptors (Lipinski definition) is 2. The van der Waals surface area contributed by atoms with E-state index in [0.717, 1.165) is 39.5 Å². The van der Waals surface area contributed by atoms with E-state index in [1.165, 1.54) is 76.6 Å². The van der Waals surface area contributed by atoms with Crippen molar-refractivity contribution in [2.75, 3.05) is 0 Å². The van der Waals surface area contributed by atoms with Crippen LogP contribution in [0.4, 0.5) is 0 Å². The molecular formula is C52H40N2. The fraction of sp³-hybridized carbons (Fsp3) is 0.115. The standard InChI is InChI=1S/C52H40N2/c1-4-14-37(15-5-1)49-35-50(38-16-6-2-7-17-38)54-51(53-49)39-26-24-36(25-27-39)40-18-12-19-41(32-40)42-20-13-21-43(33-42)44-28-29-46-45-22-8-9-23-47(45)52(48(46)34-44)30-10-3-11-31-52/h1-2,4-9,12-29,32-35H,3,10-11,30-31H2. The Bertz CT molecular complexity index is 2560. The summed E-state index contributed by atoms with van der Waals surface area (Å²) >= 11 is 0. The van der Waals surface area contributed by atoms with Crippen molar-refractivity contribution in [3.05, 3.63) is 193 Å². The summed E-state index contributed by atoms with van der Waals surface area (Å²) in [5.41, 5.74) is 18.4. The molecule has 0 N–H and O–H groups in total. The Kier molecular flexibility index (Phi) is 8.10. The van der Waals surface area contributed by atoms with Gasteiger partial charge in [-0.1, -0.05) is 177 Å². The van der Waals surface area contributed by atoms with Crippen LogP contribution in [0, 0.1) is 0 Å². The number of hydrogen-bond donors (Lipinski definition) is 0. The molecule has 1 aromatic heterocycles. The highest BCUT2D eigenvalue weighted by Gasteiger charge is 2.43. The first-order valence-corrected chi connectivity index (χ1v) is 19.3. The molecule has 0 bridgehead atoms. The van der Waals surface area contributed by atoms with E-state index in [4.69, 9.17) is 9.97 Å². The van der Waals surface area contributed by atoms with Crippen LogP contribution < -0.4 is 0 Å². The van der Waals surface area contributed by atoms with Crippen LogP contribution in [0.1, 0.15) is 43.2 Å². The number of aromatic nitrogens is 2. The minimum atomic E-state index is 0.155. The molecule has 0 aliphatic heterocycles. The zero-order valence-electron chi connectivity index (χ0n) is 30.3. The Hall–Kier alpha value is -6.38. The number of benzene rings is 7. The Morgan fingerprint density at radius 1 is 0.315 bits per heavy atom. The van der Waals surface area contributed by atoms with Crippen molar-refractivity contribution in [3.8, 4) is 78.4 Å². The molecule has 2 aliphatic rings. The number of nitrogens with zero attached hydrogens (tertiary/aromatic N) is 2. The van der Waals surface area contributed by atoms with Crippen LogP contribution in [-0.4, -0.2) is 9.97 Å². The molecule has 54 heavy (non-hydrogen) atoms. The molecule has 0 amide bonds. The van der Waals surface area contributed by atoms with Gasteiger partial charge in [-0.15, -0.1) is 0 Å². The first kappa shape index (κ1) is 32.3. The van der Waals surface area contributed by atoms with E-state index in [1.54, 1.807) is 5.56 Å². The molecule has 0 radical (unpaired) electrons. The second-order valence-corrected chi connectivity index (χ2v) is 14.9. The Balaban J connectivity index is 0.958. The summed E-state index contributed by atoms with van der Waals surface area (Å²) in [5.74, 6) is 0.720. The second kappa shape index (κ2) is 13.5. The molecule has 1 saturated carbocycles. The first-order valence-electron chi connectivity index (χ1n) is 19.3. The van der Waals surface area contributed by atoms with E-state index in [0.29, 0.717) is 0 Å². The van der Waals surface area contributed by atoms with Crippen LogP contribution in [0.25, 0.3) is 78.4 Å². The van der Waals surface area contributed by atoms with Crippen LogP contribution in [0.5, 0.6) is 0 Å². The van der Waals surface area contributed by atoms with E-state index in [9.17, 15) is 0 Å². The van der Waals surface area contributed by atoms with Crippen molar-refractivity contribution in [1.82, 2.24) is 9.97 Å². The van der Waals surface area contributed by atoms with Gasteiger partial charge in [-0.25, -0.2) is 9.97 Å². The minimum absolute atomic E-state index is 0.155. The maximum atomic E-state index is 5.03. The summed E-state index contributed by atoms with van der Waals surface area (Å²) in [6.45, 7) is 0. The molecule has 2 heteroatoms. The van der Waals surface area contributed by atoms with Crippen molar-refractivity contribution in [1.29, 1.82) is 0 Å². The van der Waals surface area contributed by atoms with Crippen LogP contribution in [0.2, 0.25) is 0 Å². The van der Waals surface area contributed by atoms with Crippen molar-refractivity contribution < 1.29 is 0 Å². The van der Waals surface area contributed by atoms with E-state index in [2.05, 4.69) is 170 Å². The highest BCUT2D eigenvalue weighted by atomic mass is 14.9. The third-order valence-electron chi connectivity index (χ3n) is 11.7. The van der Waals surface area contributed by atoms with Gasteiger partial charge in [0, 0.05) is 22.1 Å². The predicted molar refractivity (Wildman–Crippen MR) is 224 cm³/mol. The third-order valence-corrected chi connectivity index (χ3v) is 11.7. The monoisotopic (exact) mass is 692 g/mol. The van der Waals surface area contributed by atoms with Gasteiger partial charge in [-0.2, -0.15) is 0 Å². The Morgan fingerprint density at radius 3 is 1.39 bits per heavy atom. The average molecular weight is 693 g/mol. The van der Waals surface area contributed by atoms with E-state index < -0.39 is 0 Å². The van der Waals surface area contributed by atoms with Gasteiger partial charge in [0.05, 0.1) is 11.4 Å². The lowest BCUT2D eigenvalue weighted by Crippen LogP contribution is -2.28. The zero-order chi connectivity index (χ0) is 35.9. The molecule has 1 fully saturated rings. The first-order chi connectivity index (χ1) is 26.7. The van der Waals surface area contributed by atoms with Gasteiger partial charge in [-0.3, -0.25) is 0 Å². The zero-order valence-corrected chi connectivity index (χ0v) is 30.3. The topological polar surface area (TPSA) is 25.8 Å². The number of rotatable bonds is 6. The molecule has 1 spiro atoms. The Morgan fingerprint density at radius 2 is 0.778 bits per heavy atom. The SMILES string of the molecule is c1ccc(-c2cc(-c3ccccc3)nc(-c3ccc(-c4cccc(-c5cccc(-c6ccc7c(c6)C6(CCCCC6)c6ccccc6-7)c5)c4)cc3)n2)cc1. The largest absolute Gasteiger partial charge is 0.228 e. The van der Waals surface area contributed by atoms with Gasteiger partial charge >= 0.3 is 0 Å². The Labute approximate surface area is 317 Å². The fourth-order valence-electron chi connectivity index (χ4n) is 8.99. The van der Waals surface area contributed by atoms with Gasteiger partial charge < -0.3 is 0 Å². The van der Waals surface area contributed by atoms with Crippen LogP contribution in [-0.2, 0) is 5.41 Å². The molecule has 0 saturated heterocycles. The molecule has 8 aromatic rings. The summed E-state index contributed by atoms with van der Waals surface area (Å²) in [4.78, 5) is 10.1. The van der Waals surface area contributed by atoms with Gasteiger partial charge in [0.2, 0.25) is 0 Å². The highest BCUT2D eigenvalue weighted by Crippen LogP contribution is 2.56. The molecule has 0 atom stereocenters. The molecule has 258 valence electrons. The van der Waals surface area contributed by atoms with Gasteiger partial charge in [0.25, 0.3) is 0 Å². The molecule has 2 aliphatic carbocycles. The molecule has 0 unspecified atom stereocenters. The predicted octanol–water partition coefficient (Wildman–Crippen LogP) is 13.7. The van der Waals surface area contributed by atoms with Crippen LogP contribution >= 0.6 is 0 Å². The smallest absolute Gasteiger partial charge is 0.160 e. The van der Waals surface area contributed by atoms with Gasteiger partial charge in [0.15, 0.2) is 5.82 Å². The van der Waals surface area contributed by atoms with E-state index >= 15 is 0 Å². The summed E-state index contributed by atoms with van der Waals surface area (Å²) < 4.78 is 0. The number of fused-ring (bicyclic) bond motifs is 5. The lowest BCUT2D eigenvalue weighted by atomic mass is 9.67. The van der Waals surface area contributed by atoms with Crippen LogP contribution in [0.3, 0.4) is 0 Å². The highest BCUT2D eigenvalue weighted by molar-refractivity contribution is 5.85. The van der Waals surface area contributed by atoms with Gasteiger partial charge in [-0.05, 0) is 92.7 Å². The molecule has 2 nitrogen and oxygen atoms in total. The van der Waals surface area contributed by atoms with Crippen molar-refractivity contribution in [2.45, 2.75) is 37.5 Å². The lowest BCUT2D eigenvalue weighted by molar-refractivity contribution is 0.353. The lowest BCUT2D eigenvalue weighted by Gasteiger charge is -2.36. The van der Waals surface area contributed by atoms with Crippen molar-refractivity contribution in [2.24, 2.45) is 0 Å². The molecule has 1 heterocycles. The molecule has 10 rings (SSSR count). The summed E-state index contributed by atoms with van der Waals surface area (Å²) in [6, 6.07) is 65.8.